The Morgan fingerprint density at radius 2 is 1.83 bits per heavy atom. The molecule has 148 valence electrons. The summed E-state index contributed by atoms with van der Waals surface area (Å²) >= 11 is 2.80. The van der Waals surface area contributed by atoms with Gasteiger partial charge in [-0.25, -0.2) is 4.98 Å². The molecule has 1 fully saturated rings. The van der Waals surface area contributed by atoms with Crippen molar-refractivity contribution in [2.24, 2.45) is 0 Å². The van der Waals surface area contributed by atoms with Crippen molar-refractivity contribution in [3.63, 3.8) is 0 Å². The summed E-state index contributed by atoms with van der Waals surface area (Å²) in [4.78, 5) is 29.5. The van der Waals surface area contributed by atoms with E-state index in [1.807, 2.05) is 61.5 Å². The van der Waals surface area contributed by atoms with Crippen LogP contribution in [-0.4, -0.2) is 28.6 Å². The van der Waals surface area contributed by atoms with Crippen LogP contribution in [0.3, 0.4) is 0 Å². The van der Waals surface area contributed by atoms with Gasteiger partial charge in [0.05, 0.1) is 5.75 Å². The largest absolute Gasteiger partial charge is 0.353 e. The van der Waals surface area contributed by atoms with Crippen LogP contribution in [0, 0.1) is 6.92 Å². The van der Waals surface area contributed by atoms with E-state index in [9.17, 15) is 9.59 Å². The quantitative estimate of drug-likeness (QED) is 0.539. The molecule has 2 aromatic carbocycles. The molecule has 1 heterocycles. The lowest BCUT2D eigenvalue weighted by Crippen LogP contribution is -2.26. The molecule has 0 unspecified atom stereocenters. The second kappa shape index (κ2) is 8.80. The van der Waals surface area contributed by atoms with Gasteiger partial charge in [-0.1, -0.05) is 71.6 Å². The normalized spacial score (nSPS) is 13.1. The Hall–Kier alpha value is -2.64. The number of amides is 2. The van der Waals surface area contributed by atoms with Crippen molar-refractivity contribution in [2.45, 2.75) is 30.1 Å². The highest BCUT2D eigenvalue weighted by Crippen LogP contribution is 2.38. The minimum absolute atomic E-state index is 0.0273. The molecule has 0 bridgehead atoms. The topological polar surface area (TPSA) is 71.1 Å². The highest BCUT2D eigenvalue weighted by molar-refractivity contribution is 8.01. The van der Waals surface area contributed by atoms with E-state index in [0.717, 1.165) is 34.0 Å². The number of carbonyl (C=O) groups is 2. The molecule has 0 saturated heterocycles. The molecule has 4 rings (SSSR count). The van der Waals surface area contributed by atoms with Gasteiger partial charge in [0.2, 0.25) is 5.91 Å². The van der Waals surface area contributed by atoms with E-state index >= 15 is 0 Å². The summed E-state index contributed by atoms with van der Waals surface area (Å²) in [6.07, 6.45) is 2.14. The van der Waals surface area contributed by atoms with Crippen molar-refractivity contribution < 1.29 is 9.59 Å². The smallest absolute Gasteiger partial charge is 0.256 e. The molecular formula is C22H21N3O2S2. The summed E-state index contributed by atoms with van der Waals surface area (Å²) in [6, 6.07) is 17.6. The summed E-state index contributed by atoms with van der Waals surface area (Å²) in [6.45, 7) is 1.92. The molecule has 1 aliphatic carbocycles. The zero-order valence-electron chi connectivity index (χ0n) is 16.0. The number of thioether (sulfide) groups is 1. The third kappa shape index (κ3) is 5.05. The average molecular weight is 424 g/mol. The maximum absolute atomic E-state index is 12.8. The fourth-order valence-corrected chi connectivity index (χ4v) is 4.73. The van der Waals surface area contributed by atoms with E-state index in [0.29, 0.717) is 22.4 Å². The van der Waals surface area contributed by atoms with E-state index in [1.165, 1.54) is 23.1 Å². The monoisotopic (exact) mass is 423 g/mol. The van der Waals surface area contributed by atoms with Gasteiger partial charge in [0.25, 0.3) is 5.91 Å². The molecule has 5 nitrogen and oxygen atoms in total. The summed E-state index contributed by atoms with van der Waals surface area (Å²) < 4.78 is 0.759. The van der Waals surface area contributed by atoms with Gasteiger partial charge in [0.1, 0.15) is 10.7 Å². The van der Waals surface area contributed by atoms with Crippen molar-refractivity contribution in [2.75, 3.05) is 11.1 Å². The Kier molecular flexibility index (Phi) is 5.97. The molecule has 1 saturated carbocycles. The molecule has 0 atom stereocenters. The van der Waals surface area contributed by atoms with Gasteiger partial charge in [-0.05, 0) is 31.4 Å². The molecule has 1 aromatic heterocycles. The Labute approximate surface area is 178 Å². The number of thiazole rings is 1. The summed E-state index contributed by atoms with van der Waals surface area (Å²) in [7, 11) is 0. The van der Waals surface area contributed by atoms with Crippen LogP contribution < -0.4 is 10.6 Å². The van der Waals surface area contributed by atoms with E-state index in [1.54, 1.807) is 0 Å². The van der Waals surface area contributed by atoms with Gasteiger partial charge in [-0.15, -0.1) is 0 Å². The average Bonchev–Trinajstić information content (AvgIpc) is 3.45. The number of anilines is 1. The maximum atomic E-state index is 12.8. The molecule has 2 N–H and O–H groups in total. The van der Waals surface area contributed by atoms with Gasteiger partial charge in [0.15, 0.2) is 4.34 Å². The first-order valence-electron chi connectivity index (χ1n) is 9.45. The Bertz CT molecular complexity index is 1030. The first kappa shape index (κ1) is 19.7. The Balaban J connectivity index is 1.55. The molecule has 3 aromatic rings. The van der Waals surface area contributed by atoms with Gasteiger partial charge < -0.3 is 10.6 Å². The highest BCUT2D eigenvalue weighted by Gasteiger charge is 2.23. The number of rotatable bonds is 7. The first-order chi connectivity index (χ1) is 14.1. The zero-order valence-corrected chi connectivity index (χ0v) is 17.6. The minimum atomic E-state index is -0.160. The standard InChI is InChI=1S/C22H21N3O2S2/c1-14-7-5-6-10-17(14)20(27)25-21-19(15-8-3-2-4-9-15)24-22(29-21)28-13-18(26)23-16-11-12-16/h2-10,16H,11-13H2,1H3,(H,23,26)(H,25,27). The number of nitrogens with one attached hydrogen (secondary N) is 2. The second-order valence-corrected chi connectivity index (χ2v) is 9.14. The Morgan fingerprint density at radius 3 is 2.55 bits per heavy atom. The molecule has 1 aliphatic rings. The first-order valence-corrected chi connectivity index (χ1v) is 11.3. The van der Waals surface area contributed by atoms with E-state index < -0.39 is 0 Å². The van der Waals surface area contributed by atoms with E-state index in [-0.39, 0.29) is 11.8 Å². The molecule has 0 spiro atoms. The number of hydrogen-bond acceptors (Lipinski definition) is 5. The van der Waals surface area contributed by atoms with Crippen LogP contribution in [0.5, 0.6) is 0 Å². The lowest BCUT2D eigenvalue weighted by Gasteiger charge is -2.07. The van der Waals surface area contributed by atoms with Crippen LogP contribution in [-0.2, 0) is 4.79 Å². The van der Waals surface area contributed by atoms with Crippen LogP contribution >= 0.6 is 23.1 Å². The fourth-order valence-electron chi connectivity index (χ4n) is 2.86. The molecule has 2 amide bonds. The van der Waals surface area contributed by atoms with Crippen molar-refractivity contribution in [3.05, 3.63) is 65.7 Å². The number of aromatic nitrogens is 1. The van der Waals surface area contributed by atoms with Crippen LogP contribution in [0.1, 0.15) is 28.8 Å². The van der Waals surface area contributed by atoms with E-state index in [2.05, 4.69) is 10.6 Å². The highest BCUT2D eigenvalue weighted by atomic mass is 32.2. The third-order valence-corrected chi connectivity index (χ3v) is 6.65. The van der Waals surface area contributed by atoms with Gasteiger partial charge in [-0.3, -0.25) is 9.59 Å². The lowest BCUT2D eigenvalue weighted by atomic mass is 10.1. The fraction of sp³-hybridized carbons (Fsp3) is 0.227. The number of hydrogen-bond donors (Lipinski definition) is 2. The van der Waals surface area contributed by atoms with Crippen molar-refractivity contribution >= 4 is 39.9 Å². The van der Waals surface area contributed by atoms with Crippen LogP contribution in [0.2, 0.25) is 0 Å². The molecular weight excluding hydrogens is 402 g/mol. The summed E-state index contributed by atoms with van der Waals surface area (Å²) in [5.41, 5.74) is 3.21. The van der Waals surface area contributed by atoms with Gasteiger partial charge in [0, 0.05) is 17.2 Å². The third-order valence-electron chi connectivity index (χ3n) is 4.54. The van der Waals surface area contributed by atoms with Crippen molar-refractivity contribution in [3.8, 4) is 11.3 Å². The number of carbonyl (C=O) groups excluding carboxylic acids is 2. The number of nitrogens with zero attached hydrogens (tertiary/aromatic N) is 1. The maximum Gasteiger partial charge on any atom is 0.256 e. The molecule has 7 heteroatoms. The van der Waals surface area contributed by atoms with Crippen molar-refractivity contribution in [1.29, 1.82) is 0 Å². The van der Waals surface area contributed by atoms with Gasteiger partial charge in [-0.2, -0.15) is 0 Å². The van der Waals surface area contributed by atoms with Crippen LogP contribution in [0.25, 0.3) is 11.3 Å². The number of benzene rings is 2. The Morgan fingerprint density at radius 1 is 1.10 bits per heavy atom. The van der Waals surface area contributed by atoms with Crippen molar-refractivity contribution in [1.82, 2.24) is 10.3 Å². The predicted molar refractivity (Wildman–Crippen MR) is 119 cm³/mol. The summed E-state index contributed by atoms with van der Waals surface area (Å²) in [5, 5.41) is 6.69. The summed E-state index contributed by atoms with van der Waals surface area (Å²) in [5.74, 6) is 0.190. The number of aryl methyl sites for hydroxylation is 1. The van der Waals surface area contributed by atoms with Crippen LogP contribution in [0.4, 0.5) is 5.00 Å². The molecule has 0 radical (unpaired) electrons. The van der Waals surface area contributed by atoms with Gasteiger partial charge >= 0.3 is 0 Å². The van der Waals surface area contributed by atoms with Crippen LogP contribution in [0.15, 0.2) is 58.9 Å². The minimum Gasteiger partial charge on any atom is -0.353 e. The second-order valence-electron chi connectivity index (χ2n) is 6.92. The predicted octanol–water partition coefficient (Wildman–Crippen LogP) is 4.74. The van der Waals surface area contributed by atoms with E-state index in [4.69, 9.17) is 4.98 Å². The lowest BCUT2D eigenvalue weighted by molar-refractivity contribution is -0.118. The SMILES string of the molecule is Cc1ccccc1C(=O)Nc1sc(SCC(=O)NC2CC2)nc1-c1ccccc1. The molecule has 0 aliphatic heterocycles. The molecule has 29 heavy (non-hydrogen) atoms. The zero-order chi connectivity index (χ0) is 20.2.